The highest BCUT2D eigenvalue weighted by Crippen LogP contribution is 2.35. The number of carbonyl (C=O) groups excluding carboxylic acids is 2. The van der Waals surface area contributed by atoms with Crippen molar-refractivity contribution in [3.63, 3.8) is 0 Å². The van der Waals surface area contributed by atoms with Gasteiger partial charge in [-0.25, -0.2) is 0 Å². The van der Waals surface area contributed by atoms with Crippen LogP contribution in [-0.4, -0.2) is 50.8 Å². The Balaban J connectivity index is 1.81. The van der Waals surface area contributed by atoms with Gasteiger partial charge in [0, 0.05) is 16.6 Å². The SMILES string of the molecule is CC=CC(N)C(=O)NC1CCOCCOc2ccccc2N(Cc2c(OC)ccc3cc(Br)ccc23)C1=O. The number of ether oxygens (including phenoxy) is 3. The van der Waals surface area contributed by atoms with Crippen molar-refractivity contribution >= 4 is 44.2 Å². The normalized spacial score (nSPS) is 17.4. The average molecular weight is 582 g/mol. The maximum absolute atomic E-state index is 14.2. The Bertz CT molecular complexity index is 1330. The molecule has 1 heterocycles. The van der Waals surface area contributed by atoms with Gasteiger partial charge >= 0.3 is 0 Å². The Morgan fingerprint density at radius 2 is 2.03 bits per heavy atom. The van der Waals surface area contributed by atoms with Gasteiger partial charge in [-0.3, -0.25) is 9.59 Å². The van der Waals surface area contributed by atoms with Crippen LogP contribution in [-0.2, 0) is 20.9 Å². The zero-order chi connectivity index (χ0) is 27.1. The van der Waals surface area contributed by atoms with Crippen LogP contribution < -0.4 is 25.4 Å². The molecule has 0 saturated heterocycles. The summed E-state index contributed by atoms with van der Waals surface area (Å²) in [7, 11) is 1.61. The maximum atomic E-state index is 14.2. The van der Waals surface area contributed by atoms with Crippen molar-refractivity contribution in [3.8, 4) is 11.5 Å². The molecule has 2 atom stereocenters. The number of nitrogens with one attached hydrogen (secondary N) is 1. The van der Waals surface area contributed by atoms with E-state index < -0.39 is 18.0 Å². The van der Waals surface area contributed by atoms with Crippen molar-refractivity contribution in [1.29, 1.82) is 0 Å². The van der Waals surface area contributed by atoms with Gasteiger partial charge in [0.15, 0.2) is 0 Å². The van der Waals surface area contributed by atoms with E-state index >= 15 is 0 Å². The maximum Gasteiger partial charge on any atom is 0.250 e. The summed E-state index contributed by atoms with van der Waals surface area (Å²) in [5, 5.41) is 4.80. The lowest BCUT2D eigenvalue weighted by Crippen LogP contribution is -2.52. The van der Waals surface area contributed by atoms with Crippen LogP contribution >= 0.6 is 15.9 Å². The highest BCUT2D eigenvalue weighted by Gasteiger charge is 2.31. The summed E-state index contributed by atoms with van der Waals surface area (Å²) in [5.74, 6) is 0.459. The van der Waals surface area contributed by atoms with Gasteiger partial charge in [0.05, 0.1) is 25.9 Å². The van der Waals surface area contributed by atoms with Gasteiger partial charge in [0.1, 0.15) is 30.2 Å². The first-order chi connectivity index (χ1) is 18.4. The molecule has 0 aromatic heterocycles. The van der Waals surface area contributed by atoms with Crippen LogP contribution in [0.25, 0.3) is 10.8 Å². The Hall–Kier alpha value is -3.40. The van der Waals surface area contributed by atoms with Gasteiger partial charge in [-0.1, -0.05) is 52.3 Å². The van der Waals surface area contributed by atoms with Gasteiger partial charge in [-0.2, -0.15) is 0 Å². The number of amides is 2. The molecular formula is C29H32BrN3O5. The topological polar surface area (TPSA) is 103 Å². The second-order valence-corrected chi connectivity index (χ2v) is 9.78. The van der Waals surface area contributed by atoms with Crippen molar-refractivity contribution in [3.05, 3.63) is 76.8 Å². The summed E-state index contributed by atoms with van der Waals surface area (Å²) in [4.78, 5) is 28.7. The molecule has 2 amide bonds. The zero-order valence-electron chi connectivity index (χ0n) is 21.5. The number of fused-ring (bicyclic) bond motifs is 2. The molecule has 8 nitrogen and oxygen atoms in total. The second-order valence-electron chi connectivity index (χ2n) is 8.87. The summed E-state index contributed by atoms with van der Waals surface area (Å²) in [6.45, 7) is 2.93. The number of nitrogens with zero attached hydrogens (tertiary/aromatic N) is 1. The van der Waals surface area contributed by atoms with E-state index in [4.69, 9.17) is 19.9 Å². The number of nitrogens with two attached hydrogens (primary N) is 1. The predicted molar refractivity (Wildman–Crippen MR) is 151 cm³/mol. The number of benzene rings is 3. The van der Waals surface area contributed by atoms with Crippen molar-refractivity contribution < 1.29 is 23.8 Å². The fraction of sp³-hybridized carbons (Fsp3) is 0.310. The first-order valence-electron chi connectivity index (χ1n) is 12.5. The van der Waals surface area contributed by atoms with Crippen LogP contribution in [0.1, 0.15) is 18.9 Å². The lowest BCUT2D eigenvalue weighted by atomic mass is 10.0. The van der Waals surface area contributed by atoms with Crippen LogP contribution in [0.3, 0.4) is 0 Å². The van der Waals surface area contributed by atoms with Crippen molar-refractivity contribution in [2.45, 2.75) is 32.0 Å². The molecule has 0 radical (unpaired) electrons. The van der Waals surface area contributed by atoms with Crippen LogP contribution in [0, 0.1) is 0 Å². The van der Waals surface area contributed by atoms with E-state index in [1.165, 1.54) is 0 Å². The van der Waals surface area contributed by atoms with Crippen LogP contribution in [0.5, 0.6) is 11.5 Å². The quantitative estimate of drug-likeness (QED) is 0.420. The molecule has 1 aliphatic heterocycles. The predicted octanol–water partition coefficient (Wildman–Crippen LogP) is 4.33. The summed E-state index contributed by atoms with van der Waals surface area (Å²) < 4.78 is 18.4. The largest absolute Gasteiger partial charge is 0.496 e. The number of para-hydroxylation sites is 2. The Morgan fingerprint density at radius 1 is 1.21 bits per heavy atom. The number of carbonyl (C=O) groups is 2. The van der Waals surface area contributed by atoms with E-state index in [-0.39, 0.29) is 25.5 Å². The third kappa shape index (κ3) is 6.35. The van der Waals surface area contributed by atoms with Crippen LogP contribution in [0.15, 0.2) is 71.2 Å². The number of methoxy groups -OCH3 is 1. The minimum Gasteiger partial charge on any atom is -0.496 e. The van der Waals surface area contributed by atoms with Gasteiger partial charge in [-0.15, -0.1) is 0 Å². The minimum absolute atomic E-state index is 0.190. The highest BCUT2D eigenvalue weighted by atomic mass is 79.9. The third-order valence-corrected chi connectivity index (χ3v) is 6.86. The zero-order valence-corrected chi connectivity index (χ0v) is 23.1. The number of hydrogen-bond donors (Lipinski definition) is 2. The summed E-state index contributed by atoms with van der Waals surface area (Å²) in [6.07, 6.45) is 3.57. The van der Waals surface area contributed by atoms with E-state index in [1.54, 1.807) is 31.1 Å². The summed E-state index contributed by atoms with van der Waals surface area (Å²) in [5.41, 5.74) is 7.42. The minimum atomic E-state index is -0.868. The Morgan fingerprint density at radius 3 is 2.82 bits per heavy atom. The number of allylic oxidation sites excluding steroid dienone is 1. The Kier molecular flexibility index (Phi) is 9.38. The molecule has 0 spiro atoms. The summed E-state index contributed by atoms with van der Waals surface area (Å²) in [6, 6.07) is 15.5. The molecule has 0 fully saturated rings. The third-order valence-electron chi connectivity index (χ3n) is 6.36. The lowest BCUT2D eigenvalue weighted by molar-refractivity contribution is -0.128. The number of halogens is 1. The van der Waals surface area contributed by atoms with Gasteiger partial charge in [0.25, 0.3) is 0 Å². The number of anilines is 1. The molecule has 4 rings (SSSR count). The van der Waals surface area contributed by atoms with E-state index in [2.05, 4.69) is 21.2 Å². The standard InChI is InChI=1S/C29H32BrN3O5/c1-3-6-23(31)28(34)32-24-13-14-37-15-16-38-27-8-5-4-7-25(27)33(29(24)35)18-22-21-11-10-20(30)17-19(21)9-12-26(22)36-2/h3-12,17,23-24H,13-16,18,31H2,1-2H3,(H,32,34). The van der Waals surface area contributed by atoms with Crippen LogP contribution in [0.4, 0.5) is 5.69 Å². The van der Waals surface area contributed by atoms with Gasteiger partial charge < -0.3 is 30.2 Å². The molecule has 3 aromatic rings. The van der Waals surface area contributed by atoms with Crippen molar-refractivity contribution in [2.24, 2.45) is 5.73 Å². The summed E-state index contributed by atoms with van der Waals surface area (Å²) >= 11 is 3.54. The first kappa shape index (κ1) is 27.6. The highest BCUT2D eigenvalue weighted by molar-refractivity contribution is 9.10. The molecule has 0 aliphatic carbocycles. The molecular weight excluding hydrogens is 550 g/mol. The van der Waals surface area contributed by atoms with Crippen molar-refractivity contribution in [1.82, 2.24) is 5.32 Å². The molecule has 0 bridgehead atoms. The monoisotopic (exact) mass is 581 g/mol. The number of hydrogen-bond acceptors (Lipinski definition) is 6. The lowest BCUT2D eigenvalue weighted by Gasteiger charge is -2.30. The second kappa shape index (κ2) is 12.9. The molecule has 1 aliphatic rings. The molecule has 2 unspecified atom stereocenters. The molecule has 38 heavy (non-hydrogen) atoms. The molecule has 3 N–H and O–H groups in total. The van der Waals surface area contributed by atoms with Gasteiger partial charge in [0.2, 0.25) is 11.8 Å². The fourth-order valence-corrected chi connectivity index (χ4v) is 4.84. The van der Waals surface area contributed by atoms with E-state index in [1.807, 2.05) is 54.6 Å². The Labute approximate surface area is 230 Å². The number of rotatable bonds is 6. The van der Waals surface area contributed by atoms with E-state index in [9.17, 15) is 9.59 Å². The van der Waals surface area contributed by atoms with Crippen molar-refractivity contribution in [2.75, 3.05) is 31.8 Å². The molecule has 200 valence electrons. The van der Waals surface area contributed by atoms with E-state index in [0.29, 0.717) is 30.4 Å². The van der Waals surface area contributed by atoms with E-state index in [0.717, 1.165) is 20.8 Å². The van der Waals surface area contributed by atoms with Gasteiger partial charge in [-0.05, 0) is 54.4 Å². The molecule has 0 saturated carbocycles. The molecule has 9 heteroatoms. The smallest absolute Gasteiger partial charge is 0.250 e. The average Bonchev–Trinajstić information content (AvgIpc) is 2.94. The molecule has 3 aromatic carbocycles. The van der Waals surface area contributed by atoms with Crippen LogP contribution in [0.2, 0.25) is 0 Å². The fourth-order valence-electron chi connectivity index (χ4n) is 4.46. The first-order valence-corrected chi connectivity index (χ1v) is 13.3.